The van der Waals surface area contributed by atoms with E-state index in [1.165, 1.54) is 29.5 Å². The molecule has 0 saturated heterocycles. The van der Waals surface area contributed by atoms with E-state index in [1.807, 2.05) is 12.1 Å². The molecule has 0 bridgehead atoms. The summed E-state index contributed by atoms with van der Waals surface area (Å²) in [6.07, 6.45) is 0. The number of nitrogens with one attached hydrogen (secondary N) is 1. The lowest BCUT2D eigenvalue weighted by Crippen LogP contribution is -2.13. The highest BCUT2D eigenvalue weighted by molar-refractivity contribution is 9.11. The third-order valence-electron chi connectivity index (χ3n) is 2.55. The minimum absolute atomic E-state index is 0.0808. The third-order valence-corrected chi connectivity index (χ3v) is 4.16. The zero-order valence-corrected chi connectivity index (χ0v) is 12.7. The van der Waals surface area contributed by atoms with E-state index in [4.69, 9.17) is 4.42 Å². The molecule has 0 fully saturated rings. The van der Waals surface area contributed by atoms with Gasteiger partial charge in [-0.2, -0.15) is 0 Å². The molecule has 2 heterocycles. The molecule has 0 radical (unpaired) electrons. The largest absolute Gasteiger partial charge is 0.402 e. The smallest absolute Gasteiger partial charge is 0.322 e. The maximum absolute atomic E-state index is 13.5. The maximum atomic E-state index is 13.5. The molecule has 0 unspecified atom stereocenters. The van der Waals surface area contributed by atoms with Crippen LogP contribution in [0.1, 0.15) is 10.4 Å². The highest BCUT2D eigenvalue weighted by atomic mass is 79.9. The molecular weight excluding hydrogens is 361 g/mol. The molecular formula is C13H7BrFN3O2S. The van der Waals surface area contributed by atoms with Crippen LogP contribution in [0.3, 0.4) is 0 Å². The summed E-state index contributed by atoms with van der Waals surface area (Å²) >= 11 is 4.75. The van der Waals surface area contributed by atoms with Gasteiger partial charge < -0.3 is 4.42 Å². The Kier molecular flexibility index (Phi) is 3.80. The number of rotatable bonds is 3. The van der Waals surface area contributed by atoms with Gasteiger partial charge in [0, 0.05) is 0 Å². The van der Waals surface area contributed by atoms with Gasteiger partial charge >= 0.3 is 6.01 Å². The van der Waals surface area contributed by atoms with Crippen molar-refractivity contribution in [2.24, 2.45) is 0 Å². The lowest BCUT2D eigenvalue weighted by atomic mass is 10.2. The Bertz CT molecular complexity index is 802. The van der Waals surface area contributed by atoms with E-state index in [0.717, 1.165) is 8.66 Å². The van der Waals surface area contributed by atoms with Crippen molar-refractivity contribution in [3.05, 3.63) is 51.6 Å². The van der Waals surface area contributed by atoms with E-state index in [1.54, 1.807) is 6.07 Å². The van der Waals surface area contributed by atoms with Gasteiger partial charge in [0.15, 0.2) is 0 Å². The number of amides is 1. The summed E-state index contributed by atoms with van der Waals surface area (Å²) in [5.74, 6) is -0.970. The van der Waals surface area contributed by atoms with Crippen LogP contribution in [0.2, 0.25) is 0 Å². The molecule has 0 saturated carbocycles. The fourth-order valence-corrected chi connectivity index (χ4v) is 2.92. The van der Waals surface area contributed by atoms with Crippen LogP contribution < -0.4 is 5.32 Å². The van der Waals surface area contributed by atoms with E-state index in [9.17, 15) is 9.18 Å². The molecule has 5 nitrogen and oxygen atoms in total. The van der Waals surface area contributed by atoms with Gasteiger partial charge in [-0.3, -0.25) is 10.1 Å². The van der Waals surface area contributed by atoms with Crippen molar-refractivity contribution in [1.82, 2.24) is 10.2 Å². The summed E-state index contributed by atoms with van der Waals surface area (Å²) in [5, 5.41) is 9.92. The first-order chi connectivity index (χ1) is 10.1. The number of hydrogen-bond acceptors (Lipinski definition) is 5. The molecule has 1 aromatic carbocycles. The van der Waals surface area contributed by atoms with Crippen molar-refractivity contribution < 1.29 is 13.6 Å². The van der Waals surface area contributed by atoms with Gasteiger partial charge in [-0.15, -0.1) is 16.4 Å². The normalized spacial score (nSPS) is 10.6. The molecule has 1 amide bonds. The molecule has 0 aliphatic heterocycles. The number of aromatic nitrogens is 2. The van der Waals surface area contributed by atoms with Crippen molar-refractivity contribution in [2.45, 2.75) is 0 Å². The predicted octanol–water partition coefficient (Wildman–Crippen LogP) is 3.95. The van der Waals surface area contributed by atoms with Crippen LogP contribution in [0, 0.1) is 5.82 Å². The average molecular weight is 368 g/mol. The van der Waals surface area contributed by atoms with E-state index < -0.39 is 11.7 Å². The first-order valence-corrected chi connectivity index (χ1v) is 7.39. The lowest BCUT2D eigenvalue weighted by Gasteiger charge is -2.01. The Labute approximate surface area is 130 Å². The summed E-state index contributed by atoms with van der Waals surface area (Å²) in [6, 6.07) is 9.23. The number of carbonyl (C=O) groups is 1. The van der Waals surface area contributed by atoms with E-state index >= 15 is 0 Å². The summed E-state index contributed by atoms with van der Waals surface area (Å²) in [5.41, 5.74) is -0.0869. The van der Waals surface area contributed by atoms with Gasteiger partial charge in [0.1, 0.15) is 5.82 Å². The van der Waals surface area contributed by atoms with Gasteiger partial charge in [-0.1, -0.05) is 17.2 Å². The number of thiophene rings is 1. The maximum Gasteiger partial charge on any atom is 0.322 e. The van der Waals surface area contributed by atoms with Gasteiger partial charge in [0.2, 0.25) is 0 Å². The zero-order valence-electron chi connectivity index (χ0n) is 10.3. The molecule has 0 atom stereocenters. The van der Waals surface area contributed by atoms with E-state index in [2.05, 4.69) is 31.4 Å². The van der Waals surface area contributed by atoms with Gasteiger partial charge in [-0.25, -0.2) is 4.39 Å². The van der Waals surface area contributed by atoms with Gasteiger partial charge in [0.05, 0.1) is 14.2 Å². The van der Waals surface area contributed by atoms with Crippen molar-refractivity contribution >= 4 is 39.2 Å². The molecule has 3 rings (SSSR count). The molecule has 8 heteroatoms. The minimum Gasteiger partial charge on any atom is -0.402 e. The number of carbonyl (C=O) groups excluding carboxylic acids is 1. The highest BCUT2D eigenvalue weighted by Gasteiger charge is 2.16. The highest BCUT2D eigenvalue weighted by Crippen LogP contribution is 2.31. The van der Waals surface area contributed by atoms with Crippen molar-refractivity contribution in [2.75, 3.05) is 5.32 Å². The summed E-state index contributed by atoms with van der Waals surface area (Å²) in [6.45, 7) is 0. The van der Waals surface area contributed by atoms with Crippen LogP contribution in [-0.4, -0.2) is 16.1 Å². The number of hydrogen-bond donors (Lipinski definition) is 1. The zero-order chi connectivity index (χ0) is 14.8. The van der Waals surface area contributed by atoms with Gasteiger partial charge in [-0.05, 0) is 40.2 Å². The Morgan fingerprint density at radius 2 is 2.05 bits per heavy atom. The Morgan fingerprint density at radius 1 is 1.24 bits per heavy atom. The number of nitrogens with zero attached hydrogens (tertiary/aromatic N) is 2. The molecule has 0 aliphatic carbocycles. The van der Waals surface area contributed by atoms with Crippen LogP contribution in [0.15, 0.2) is 44.6 Å². The summed E-state index contributed by atoms with van der Waals surface area (Å²) < 4.78 is 19.7. The van der Waals surface area contributed by atoms with Crippen LogP contribution in [0.5, 0.6) is 0 Å². The predicted molar refractivity (Wildman–Crippen MR) is 79.7 cm³/mol. The fraction of sp³-hybridized carbons (Fsp3) is 0. The van der Waals surface area contributed by atoms with Crippen molar-refractivity contribution in [3.63, 3.8) is 0 Å². The van der Waals surface area contributed by atoms with Crippen molar-refractivity contribution in [3.8, 4) is 10.8 Å². The SMILES string of the molecule is O=C(Nc1nnc(-c2ccc(Br)s2)o1)c1ccccc1F. The molecule has 1 N–H and O–H groups in total. The average Bonchev–Trinajstić information content (AvgIpc) is 3.08. The van der Waals surface area contributed by atoms with E-state index in [0.29, 0.717) is 0 Å². The second kappa shape index (κ2) is 5.74. The molecule has 106 valence electrons. The van der Waals surface area contributed by atoms with Crippen LogP contribution in [0.4, 0.5) is 10.4 Å². The second-order valence-corrected chi connectivity index (χ2v) is 6.41. The van der Waals surface area contributed by atoms with E-state index in [-0.39, 0.29) is 17.5 Å². The Morgan fingerprint density at radius 3 is 2.76 bits per heavy atom. The second-order valence-electron chi connectivity index (χ2n) is 3.95. The minimum atomic E-state index is -0.643. The molecule has 3 aromatic rings. The first kappa shape index (κ1) is 13.9. The van der Waals surface area contributed by atoms with Crippen LogP contribution in [-0.2, 0) is 0 Å². The molecule has 0 aliphatic rings. The Balaban J connectivity index is 1.79. The molecule has 0 spiro atoms. The first-order valence-electron chi connectivity index (χ1n) is 5.78. The summed E-state index contributed by atoms with van der Waals surface area (Å²) in [7, 11) is 0. The molecule has 21 heavy (non-hydrogen) atoms. The third kappa shape index (κ3) is 3.01. The fourth-order valence-electron chi connectivity index (χ4n) is 1.61. The number of benzene rings is 1. The summed E-state index contributed by atoms with van der Waals surface area (Å²) in [4.78, 5) is 12.7. The Hall–Kier alpha value is -2.06. The molecule has 2 aromatic heterocycles. The monoisotopic (exact) mass is 367 g/mol. The quantitative estimate of drug-likeness (QED) is 0.760. The van der Waals surface area contributed by atoms with Crippen LogP contribution in [0.25, 0.3) is 10.8 Å². The lowest BCUT2D eigenvalue weighted by molar-refractivity contribution is 0.102. The topological polar surface area (TPSA) is 68.0 Å². The number of halogens is 2. The van der Waals surface area contributed by atoms with Crippen LogP contribution >= 0.6 is 27.3 Å². The standard InChI is InChI=1S/C13H7BrFN3O2S/c14-10-6-5-9(21-10)12-17-18-13(20-12)16-11(19)7-3-1-2-4-8(7)15/h1-6H,(H,16,18,19). The van der Waals surface area contributed by atoms with Crippen molar-refractivity contribution in [1.29, 1.82) is 0 Å². The number of anilines is 1. The van der Waals surface area contributed by atoms with Gasteiger partial charge in [0.25, 0.3) is 11.8 Å².